The molecule has 1 amide bonds. The number of carbonyl (C=O) groups is 1. The first-order valence-corrected chi connectivity index (χ1v) is 6.73. The maximum Gasteiger partial charge on any atom is 0.274 e. The number of carbonyl (C=O) groups excluding carboxylic acids is 1. The number of para-hydroxylation sites is 1. The predicted molar refractivity (Wildman–Crippen MR) is 85.6 cm³/mol. The van der Waals surface area contributed by atoms with E-state index in [9.17, 15) is 4.79 Å². The summed E-state index contributed by atoms with van der Waals surface area (Å²) in [5, 5.41) is 4.67. The summed E-state index contributed by atoms with van der Waals surface area (Å²) < 4.78 is 0. The molecule has 3 rings (SSSR count). The largest absolute Gasteiger partial charge is 0.398 e. The van der Waals surface area contributed by atoms with E-state index in [-0.39, 0.29) is 5.91 Å². The van der Waals surface area contributed by atoms with Gasteiger partial charge in [-0.25, -0.2) is 0 Å². The lowest BCUT2D eigenvalue weighted by molar-refractivity contribution is 0.102. The van der Waals surface area contributed by atoms with Crippen LogP contribution in [-0.4, -0.2) is 10.9 Å². The maximum atomic E-state index is 12.4. The second-order valence-electron chi connectivity index (χ2n) is 4.57. The molecule has 3 aromatic rings. The van der Waals surface area contributed by atoms with Gasteiger partial charge < -0.3 is 11.1 Å². The molecular weight excluding hydrogens is 286 g/mol. The Morgan fingerprint density at radius 2 is 1.86 bits per heavy atom. The quantitative estimate of drug-likeness (QED) is 0.708. The minimum absolute atomic E-state index is 0.297. The molecule has 3 N–H and O–H groups in total. The molecule has 5 heteroatoms. The molecule has 0 spiro atoms. The molecule has 0 atom stereocenters. The van der Waals surface area contributed by atoms with Crippen molar-refractivity contribution in [2.75, 3.05) is 11.1 Å². The van der Waals surface area contributed by atoms with E-state index in [1.54, 1.807) is 24.4 Å². The van der Waals surface area contributed by atoms with Crippen LogP contribution in [0.2, 0.25) is 5.02 Å². The molecule has 0 aliphatic rings. The lowest BCUT2D eigenvalue weighted by Gasteiger charge is -2.09. The fourth-order valence-corrected chi connectivity index (χ4v) is 2.40. The molecule has 1 aromatic heterocycles. The molecule has 104 valence electrons. The van der Waals surface area contributed by atoms with Crippen LogP contribution >= 0.6 is 11.6 Å². The Kier molecular flexibility index (Phi) is 3.46. The van der Waals surface area contributed by atoms with Gasteiger partial charge in [-0.15, -0.1) is 0 Å². The van der Waals surface area contributed by atoms with Crippen molar-refractivity contribution in [2.24, 2.45) is 0 Å². The van der Waals surface area contributed by atoms with Gasteiger partial charge in [0.15, 0.2) is 0 Å². The normalized spacial score (nSPS) is 10.5. The number of rotatable bonds is 2. The minimum atomic E-state index is -0.298. The summed E-state index contributed by atoms with van der Waals surface area (Å²) in [6, 6.07) is 14.3. The highest BCUT2D eigenvalue weighted by molar-refractivity contribution is 6.32. The van der Waals surface area contributed by atoms with E-state index in [1.807, 2.05) is 30.3 Å². The third kappa shape index (κ3) is 2.66. The summed E-state index contributed by atoms with van der Waals surface area (Å²) in [7, 11) is 0. The van der Waals surface area contributed by atoms with Crippen LogP contribution in [-0.2, 0) is 0 Å². The molecular formula is C16H12ClN3O. The molecule has 0 aliphatic heterocycles. The fraction of sp³-hybridized carbons (Fsp3) is 0. The van der Waals surface area contributed by atoms with Gasteiger partial charge >= 0.3 is 0 Å². The van der Waals surface area contributed by atoms with Crippen molar-refractivity contribution >= 4 is 39.7 Å². The number of halogens is 1. The summed E-state index contributed by atoms with van der Waals surface area (Å²) in [4.78, 5) is 16.6. The Labute approximate surface area is 126 Å². The highest BCUT2D eigenvalue weighted by Crippen LogP contribution is 2.27. The van der Waals surface area contributed by atoms with E-state index in [2.05, 4.69) is 10.3 Å². The third-order valence-electron chi connectivity index (χ3n) is 3.12. The minimum Gasteiger partial charge on any atom is -0.398 e. The number of nitrogen functional groups attached to an aromatic ring is 1. The molecule has 0 saturated carbocycles. The number of amides is 1. The summed E-state index contributed by atoms with van der Waals surface area (Å²) in [5.41, 5.74) is 7.46. The van der Waals surface area contributed by atoms with Crippen LogP contribution in [0.5, 0.6) is 0 Å². The van der Waals surface area contributed by atoms with E-state index in [1.165, 1.54) is 0 Å². The van der Waals surface area contributed by atoms with Crippen LogP contribution in [0.15, 0.2) is 54.7 Å². The molecule has 2 aromatic carbocycles. The lowest BCUT2D eigenvalue weighted by atomic mass is 10.1. The van der Waals surface area contributed by atoms with Gasteiger partial charge in [-0.1, -0.05) is 29.8 Å². The van der Waals surface area contributed by atoms with Crippen molar-refractivity contribution in [3.63, 3.8) is 0 Å². The van der Waals surface area contributed by atoms with Gasteiger partial charge in [-0.2, -0.15) is 0 Å². The molecule has 1 heterocycles. The van der Waals surface area contributed by atoms with Gasteiger partial charge in [-0.05, 0) is 30.3 Å². The number of aromatic nitrogens is 1. The first-order chi connectivity index (χ1) is 10.1. The summed E-state index contributed by atoms with van der Waals surface area (Å²) in [6.45, 7) is 0. The van der Waals surface area contributed by atoms with Gasteiger partial charge in [0.2, 0.25) is 0 Å². The molecule has 4 nitrogen and oxygen atoms in total. The number of nitrogens with two attached hydrogens (primary N) is 1. The van der Waals surface area contributed by atoms with Crippen molar-refractivity contribution < 1.29 is 4.79 Å². The van der Waals surface area contributed by atoms with Crippen molar-refractivity contribution in [1.82, 2.24) is 4.98 Å². The summed E-state index contributed by atoms with van der Waals surface area (Å²) >= 11 is 6.02. The van der Waals surface area contributed by atoms with Crippen LogP contribution in [0, 0.1) is 0 Å². The van der Waals surface area contributed by atoms with Gasteiger partial charge in [0.05, 0.1) is 0 Å². The lowest BCUT2D eigenvalue weighted by Crippen LogP contribution is -2.14. The molecule has 0 bridgehead atoms. The predicted octanol–water partition coefficient (Wildman–Crippen LogP) is 3.72. The number of pyridine rings is 1. The van der Waals surface area contributed by atoms with Crippen LogP contribution in [0.4, 0.5) is 11.4 Å². The van der Waals surface area contributed by atoms with E-state index in [0.717, 1.165) is 5.39 Å². The Hall–Kier alpha value is -2.59. The summed E-state index contributed by atoms with van der Waals surface area (Å²) in [6.07, 6.45) is 1.56. The highest BCUT2D eigenvalue weighted by Gasteiger charge is 2.13. The first-order valence-electron chi connectivity index (χ1n) is 6.35. The van der Waals surface area contributed by atoms with Crippen molar-refractivity contribution in [2.45, 2.75) is 0 Å². The standard InChI is InChI=1S/C16H12ClN3O/c17-10-8-13-12(14(18)9-10)6-7-19-15(13)16(21)20-11-4-2-1-3-5-11/h1-9H,18H2,(H,20,21). The Bertz CT molecular complexity index is 818. The molecule has 0 saturated heterocycles. The number of anilines is 2. The second kappa shape index (κ2) is 5.42. The Morgan fingerprint density at radius 1 is 1.10 bits per heavy atom. The average Bonchev–Trinajstić information content (AvgIpc) is 2.47. The highest BCUT2D eigenvalue weighted by atomic mass is 35.5. The van der Waals surface area contributed by atoms with Crippen molar-refractivity contribution in [3.8, 4) is 0 Å². The van der Waals surface area contributed by atoms with Crippen LogP contribution in [0.1, 0.15) is 10.5 Å². The van der Waals surface area contributed by atoms with Crippen molar-refractivity contribution in [1.29, 1.82) is 0 Å². The summed E-state index contributed by atoms with van der Waals surface area (Å²) in [5.74, 6) is -0.298. The number of hydrogen-bond acceptors (Lipinski definition) is 3. The molecule has 0 fully saturated rings. The third-order valence-corrected chi connectivity index (χ3v) is 3.34. The van der Waals surface area contributed by atoms with Gasteiger partial charge in [0.25, 0.3) is 5.91 Å². The van der Waals surface area contributed by atoms with E-state index in [0.29, 0.717) is 27.5 Å². The van der Waals surface area contributed by atoms with Gasteiger partial charge in [0, 0.05) is 33.4 Å². The van der Waals surface area contributed by atoms with Gasteiger partial charge in [0.1, 0.15) is 5.69 Å². The monoisotopic (exact) mass is 297 g/mol. The zero-order chi connectivity index (χ0) is 14.8. The molecule has 0 unspecified atom stereocenters. The zero-order valence-corrected chi connectivity index (χ0v) is 11.8. The maximum absolute atomic E-state index is 12.4. The van der Waals surface area contributed by atoms with Crippen LogP contribution in [0.3, 0.4) is 0 Å². The number of hydrogen-bond donors (Lipinski definition) is 2. The number of fused-ring (bicyclic) bond motifs is 1. The topological polar surface area (TPSA) is 68.0 Å². The zero-order valence-electron chi connectivity index (χ0n) is 11.0. The smallest absolute Gasteiger partial charge is 0.274 e. The van der Waals surface area contributed by atoms with E-state index >= 15 is 0 Å². The first kappa shape index (κ1) is 13.4. The Balaban J connectivity index is 2.06. The van der Waals surface area contributed by atoms with E-state index < -0.39 is 0 Å². The SMILES string of the molecule is Nc1cc(Cl)cc2c(C(=O)Nc3ccccc3)nccc12. The molecule has 21 heavy (non-hydrogen) atoms. The second-order valence-corrected chi connectivity index (χ2v) is 5.01. The van der Waals surface area contributed by atoms with Crippen LogP contribution in [0.25, 0.3) is 10.8 Å². The average molecular weight is 298 g/mol. The van der Waals surface area contributed by atoms with Gasteiger partial charge in [-0.3, -0.25) is 9.78 Å². The fourth-order valence-electron chi connectivity index (χ4n) is 2.17. The van der Waals surface area contributed by atoms with Crippen LogP contribution < -0.4 is 11.1 Å². The Morgan fingerprint density at radius 3 is 2.62 bits per heavy atom. The van der Waals surface area contributed by atoms with E-state index in [4.69, 9.17) is 17.3 Å². The van der Waals surface area contributed by atoms with Crippen molar-refractivity contribution in [3.05, 3.63) is 65.4 Å². The molecule has 0 radical (unpaired) electrons. The number of benzene rings is 2. The number of nitrogens with zero attached hydrogens (tertiary/aromatic N) is 1. The number of nitrogens with one attached hydrogen (secondary N) is 1. The molecule has 0 aliphatic carbocycles.